The van der Waals surface area contributed by atoms with E-state index < -0.39 is 0 Å². The van der Waals surface area contributed by atoms with Gasteiger partial charge in [-0.2, -0.15) is 0 Å². The first-order valence-electron chi connectivity index (χ1n) is 7.77. The molecule has 0 spiro atoms. The van der Waals surface area contributed by atoms with E-state index in [4.69, 9.17) is 14.2 Å². The quantitative estimate of drug-likeness (QED) is 0.789. The molecule has 2 heterocycles. The van der Waals surface area contributed by atoms with Gasteiger partial charge >= 0.3 is 0 Å². The summed E-state index contributed by atoms with van der Waals surface area (Å²) < 4.78 is 16.2. The molecule has 1 amide bonds. The lowest BCUT2D eigenvalue weighted by Gasteiger charge is -2.25. The SMILES string of the molecule is COc1cc(C2SCC(=O)N2Cc2ccncc2)cc(OC)c1OC. The van der Waals surface area contributed by atoms with Crippen molar-refractivity contribution in [1.82, 2.24) is 9.88 Å². The number of nitrogens with zero attached hydrogens (tertiary/aromatic N) is 2. The fraction of sp³-hybridized carbons (Fsp3) is 0.333. The highest BCUT2D eigenvalue weighted by Crippen LogP contribution is 2.46. The molecule has 1 atom stereocenters. The summed E-state index contributed by atoms with van der Waals surface area (Å²) in [5.74, 6) is 2.28. The molecule has 1 unspecified atom stereocenters. The van der Waals surface area contributed by atoms with Crippen molar-refractivity contribution in [2.75, 3.05) is 27.1 Å². The summed E-state index contributed by atoms with van der Waals surface area (Å²) in [6, 6.07) is 7.64. The summed E-state index contributed by atoms with van der Waals surface area (Å²) in [7, 11) is 4.75. The van der Waals surface area contributed by atoms with E-state index in [0.717, 1.165) is 11.1 Å². The van der Waals surface area contributed by atoms with Crippen molar-refractivity contribution >= 4 is 17.7 Å². The summed E-state index contributed by atoms with van der Waals surface area (Å²) in [6.07, 6.45) is 3.47. The predicted molar refractivity (Wildman–Crippen MR) is 96.1 cm³/mol. The van der Waals surface area contributed by atoms with Gasteiger partial charge in [0.1, 0.15) is 5.37 Å². The van der Waals surface area contributed by atoms with Crippen LogP contribution in [0.3, 0.4) is 0 Å². The van der Waals surface area contributed by atoms with Crippen LogP contribution in [-0.2, 0) is 11.3 Å². The van der Waals surface area contributed by atoms with Crippen molar-refractivity contribution in [3.63, 3.8) is 0 Å². The third kappa shape index (κ3) is 3.51. The molecule has 3 rings (SSSR count). The second-order valence-electron chi connectivity index (χ2n) is 5.50. The van der Waals surface area contributed by atoms with E-state index in [1.165, 1.54) is 0 Å². The van der Waals surface area contributed by atoms with Crippen LogP contribution < -0.4 is 14.2 Å². The molecule has 2 aromatic rings. The van der Waals surface area contributed by atoms with Gasteiger partial charge in [-0.05, 0) is 35.4 Å². The van der Waals surface area contributed by atoms with Crippen LogP contribution in [-0.4, -0.2) is 42.9 Å². The minimum Gasteiger partial charge on any atom is -0.493 e. The molecule has 0 aliphatic carbocycles. The van der Waals surface area contributed by atoms with Gasteiger partial charge in [-0.3, -0.25) is 9.78 Å². The van der Waals surface area contributed by atoms with Gasteiger partial charge in [0.2, 0.25) is 11.7 Å². The van der Waals surface area contributed by atoms with Crippen LogP contribution in [0.15, 0.2) is 36.7 Å². The van der Waals surface area contributed by atoms with E-state index in [-0.39, 0.29) is 11.3 Å². The van der Waals surface area contributed by atoms with E-state index >= 15 is 0 Å². The fourth-order valence-electron chi connectivity index (χ4n) is 2.83. The zero-order valence-corrected chi connectivity index (χ0v) is 15.2. The minimum absolute atomic E-state index is 0.102. The largest absolute Gasteiger partial charge is 0.493 e. The molecule has 6 nitrogen and oxygen atoms in total. The molecule has 1 aliphatic rings. The first-order chi connectivity index (χ1) is 12.2. The van der Waals surface area contributed by atoms with Crippen LogP contribution in [0.5, 0.6) is 17.2 Å². The lowest BCUT2D eigenvalue weighted by atomic mass is 10.1. The maximum absolute atomic E-state index is 12.4. The smallest absolute Gasteiger partial charge is 0.234 e. The topological polar surface area (TPSA) is 60.9 Å². The fourth-order valence-corrected chi connectivity index (χ4v) is 4.00. The number of carbonyl (C=O) groups is 1. The Morgan fingerprint density at radius 2 is 1.76 bits per heavy atom. The Labute approximate surface area is 151 Å². The summed E-state index contributed by atoms with van der Waals surface area (Å²) >= 11 is 1.59. The number of hydrogen-bond donors (Lipinski definition) is 0. The van der Waals surface area contributed by atoms with Crippen LogP contribution >= 0.6 is 11.8 Å². The van der Waals surface area contributed by atoms with Gasteiger partial charge in [-0.15, -0.1) is 11.8 Å². The van der Waals surface area contributed by atoms with Crippen molar-refractivity contribution < 1.29 is 19.0 Å². The van der Waals surface area contributed by atoms with Crippen LogP contribution in [0.1, 0.15) is 16.5 Å². The highest BCUT2D eigenvalue weighted by atomic mass is 32.2. The molecule has 0 saturated carbocycles. The molecule has 0 N–H and O–H groups in total. The van der Waals surface area contributed by atoms with E-state index in [2.05, 4.69) is 4.98 Å². The second kappa shape index (κ2) is 7.65. The highest BCUT2D eigenvalue weighted by molar-refractivity contribution is 8.00. The lowest BCUT2D eigenvalue weighted by Crippen LogP contribution is -2.27. The van der Waals surface area contributed by atoms with E-state index in [1.807, 2.05) is 29.2 Å². The first kappa shape index (κ1) is 17.4. The number of rotatable bonds is 6. The number of benzene rings is 1. The van der Waals surface area contributed by atoms with Gasteiger partial charge in [0.15, 0.2) is 11.5 Å². The van der Waals surface area contributed by atoms with Crippen molar-refractivity contribution in [3.05, 3.63) is 47.8 Å². The number of carbonyl (C=O) groups excluding carboxylic acids is 1. The molecule has 7 heteroatoms. The van der Waals surface area contributed by atoms with Gasteiger partial charge in [-0.25, -0.2) is 0 Å². The summed E-state index contributed by atoms with van der Waals surface area (Å²) in [6.45, 7) is 0.537. The number of methoxy groups -OCH3 is 3. The zero-order chi connectivity index (χ0) is 17.8. The lowest BCUT2D eigenvalue weighted by molar-refractivity contribution is -0.128. The minimum atomic E-state index is -0.102. The van der Waals surface area contributed by atoms with Crippen LogP contribution in [0.4, 0.5) is 0 Å². The van der Waals surface area contributed by atoms with Crippen LogP contribution in [0.25, 0.3) is 0 Å². The number of hydrogen-bond acceptors (Lipinski definition) is 6. The molecule has 132 valence electrons. The summed E-state index contributed by atoms with van der Waals surface area (Å²) in [5.41, 5.74) is 1.99. The average Bonchev–Trinajstić information content (AvgIpc) is 3.01. The molecular weight excluding hydrogens is 340 g/mol. The highest BCUT2D eigenvalue weighted by Gasteiger charge is 2.34. The Bertz CT molecular complexity index is 729. The zero-order valence-electron chi connectivity index (χ0n) is 14.4. The number of aromatic nitrogens is 1. The molecule has 1 aliphatic heterocycles. The molecule has 1 fully saturated rings. The van der Waals surface area contributed by atoms with Crippen molar-refractivity contribution in [2.24, 2.45) is 0 Å². The standard InChI is InChI=1S/C18H20N2O4S/c1-22-14-8-13(9-15(23-2)17(14)24-3)18-20(16(21)11-25-18)10-12-4-6-19-7-5-12/h4-9,18H,10-11H2,1-3H3. The number of amides is 1. The average molecular weight is 360 g/mol. The molecular formula is C18H20N2O4S. The third-order valence-electron chi connectivity index (χ3n) is 4.04. The molecule has 1 saturated heterocycles. The molecule has 25 heavy (non-hydrogen) atoms. The second-order valence-corrected chi connectivity index (χ2v) is 6.57. The summed E-state index contributed by atoms with van der Waals surface area (Å²) in [5, 5.41) is -0.102. The maximum Gasteiger partial charge on any atom is 0.234 e. The first-order valence-corrected chi connectivity index (χ1v) is 8.82. The van der Waals surface area contributed by atoms with Crippen LogP contribution in [0, 0.1) is 0 Å². The molecule has 1 aromatic carbocycles. The van der Waals surface area contributed by atoms with Crippen molar-refractivity contribution in [1.29, 1.82) is 0 Å². The van der Waals surface area contributed by atoms with Gasteiger partial charge < -0.3 is 19.1 Å². The molecule has 0 radical (unpaired) electrons. The number of pyridine rings is 1. The van der Waals surface area contributed by atoms with E-state index in [9.17, 15) is 4.79 Å². The number of ether oxygens (including phenoxy) is 3. The summed E-state index contributed by atoms with van der Waals surface area (Å²) in [4.78, 5) is 18.3. The number of thioether (sulfide) groups is 1. The maximum atomic E-state index is 12.4. The van der Waals surface area contributed by atoms with Gasteiger partial charge in [0, 0.05) is 18.9 Å². The normalized spacial score (nSPS) is 16.8. The molecule has 1 aromatic heterocycles. The van der Waals surface area contributed by atoms with Crippen LogP contribution in [0.2, 0.25) is 0 Å². The molecule has 0 bridgehead atoms. The Hall–Kier alpha value is -2.41. The van der Waals surface area contributed by atoms with Gasteiger partial charge in [0.05, 0.1) is 27.1 Å². The predicted octanol–water partition coefficient (Wildman–Crippen LogP) is 2.88. The third-order valence-corrected chi connectivity index (χ3v) is 5.30. The Morgan fingerprint density at radius 1 is 1.12 bits per heavy atom. The van der Waals surface area contributed by atoms with E-state index in [0.29, 0.717) is 29.5 Å². The van der Waals surface area contributed by atoms with Gasteiger partial charge in [-0.1, -0.05) is 0 Å². The monoisotopic (exact) mass is 360 g/mol. The van der Waals surface area contributed by atoms with E-state index in [1.54, 1.807) is 45.5 Å². The Balaban J connectivity index is 1.95. The Kier molecular flexibility index (Phi) is 5.33. The van der Waals surface area contributed by atoms with Crippen molar-refractivity contribution in [3.8, 4) is 17.2 Å². The Morgan fingerprint density at radius 3 is 2.32 bits per heavy atom. The van der Waals surface area contributed by atoms with Gasteiger partial charge in [0.25, 0.3) is 0 Å². The van der Waals surface area contributed by atoms with Crippen molar-refractivity contribution in [2.45, 2.75) is 11.9 Å².